The number of aryl methyl sites for hydroxylation is 1. The molecule has 9 heteroatoms. The van der Waals surface area contributed by atoms with Crippen molar-refractivity contribution in [3.05, 3.63) is 99.0 Å². The number of aromatic nitrogens is 5. The van der Waals surface area contributed by atoms with Crippen LogP contribution in [0.2, 0.25) is 0 Å². The SMILES string of the molecule is Cn1c(=O)[nH]c(=O)c2c1nc(N/N=C/c1ccncc1)n2Cc1cccc2ccccc12. The minimum atomic E-state index is -0.524. The van der Waals surface area contributed by atoms with E-state index in [2.05, 4.69) is 25.5 Å². The van der Waals surface area contributed by atoms with Gasteiger partial charge in [0, 0.05) is 19.4 Å². The number of pyridine rings is 1. The molecule has 9 nitrogen and oxygen atoms in total. The molecular formula is C23H19N7O2. The number of hydrogen-bond donors (Lipinski definition) is 2. The van der Waals surface area contributed by atoms with Crippen LogP contribution in [0.4, 0.5) is 5.95 Å². The summed E-state index contributed by atoms with van der Waals surface area (Å²) in [7, 11) is 1.57. The molecule has 0 saturated carbocycles. The van der Waals surface area contributed by atoms with Crippen molar-refractivity contribution >= 4 is 34.1 Å². The molecule has 0 amide bonds. The van der Waals surface area contributed by atoms with Gasteiger partial charge in [0.05, 0.1) is 12.8 Å². The van der Waals surface area contributed by atoms with Crippen molar-refractivity contribution in [3.8, 4) is 0 Å². The van der Waals surface area contributed by atoms with E-state index in [9.17, 15) is 9.59 Å². The summed E-state index contributed by atoms with van der Waals surface area (Å²) in [6.45, 7) is 0.367. The van der Waals surface area contributed by atoms with Crippen LogP contribution in [-0.2, 0) is 13.6 Å². The molecule has 0 unspecified atom stereocenters. The molecular weight excluding hydrogens is 406 g/mol. The lowest BCUT2D eigenvalue weighted by Crippen LogP contribution is -2.29. The summed E-state index contributed by atoms with van der Waals surface area (Å²) >= 11 is 0. The molecule has 0 saturated heterocycles. The Hall–Kier alpha value is -4.53. The third kappa shape index (κ3) is 3.45. The fourth-order valence-corrected chi connectivity index (χ4v) is 3.69. The molecule has 0 aliphatic heterocycles. The number of nitrogens with zero attached hydrogens (tertiary/aromatic N) is 5. The number of aromatic amines is 1. The number of H-pyrrole nitrogens is 1. The van der Waals surface area contributed by atoms with Crippen molar-refractivity contribution in [2.24, 2.45) is 12.1 Å². The molecule has 5 rings (SSSR count). The number of rotatable bonds is 5. The predicted octanol–water partition coefficient (Wildman–Crippen LogP) is 2.47. The second-order valence-corrected chi connectivity index (χ2v) is 7.30. The van der Waals surface area contributed by atoms with Crippen molar-refractivity contribution in [1.82, 2.24) is 24.1 Å². The number of fused-ring (bicyclic) bond motifs is 2. The zero-order chi connectivity index (χ0) is 22.1. The quantitative estimate of drug-likeness (QED) is 0.332. The van der Waals surface area contributed by atoms with Crippen LogP contribution in [-0.4, -0.2) is 30.3 Å². The smallest absolute Gasteiger partial charge is 0.298 e. The Bertz CT molecular complexity index is 1570. The first-order valence-corrected chi connectivity index (χ1v) is 9.97. The number of nitrogens with one attached hydrogen (secondary N) is 2. The number of hydrogen-bond acceptors (Lipinski definition) is 6. The summed E-state index contributed by atoms with van der Waals surface area (Å²) in [5, 5.41) is 6.44. The molecule has 3 aromatic heterocycles. The number of imidazole rings is 1. The number of hydrazone groups is 1. The Kier molecular flexibility index (Phi) is 4.83. The zero-order valence-corrected chi connectivity index (χ0v) is 17.2. The fraction of sp³-hybridized carbons (Fsp3) is 0.0870. The van der Waals surface area contributed by atoms with E-state index in [1.54, 1.807) is 30.2 Å². The summed E-state index contributed by atoms with van der Waals surface area (Å²) in [6.07, 6.45) is 4.98. The van der Waals surface area contributed by atoms with Crippen LogP contribution in [0.25, 0.3) is 21.9 Å². The zero-order valence-electron chi connectivity index (χ0n) is 17.2. The van der Waals surface area contributed by atoms with Gasteiger partial charge in [-0.3, -0.25) is 23.9 Å². The van der Waals surface area contributed by atoms with Crippen LogP contribution in [0, 0.1) is 0 Å². The van der Waals surface area contributed by atoms with E-state index in [1.807, 2.05) is 54.6 Å². The van der Waals surface area contributed by atoms with Gasteiger partial charge in [-0.15, -0.1) is 0 Å². The van der Waals surface area contributed by atoms with Gasteiger partial charge in [-0.2, -0.15) is 10.1 Å². The molecule has 2 aromatic carbocycles. The standard InChI is InChI=1S/C23H19N7O2/c1-29-20-19(21(31)27-23(29)32)30(14-17-7-4-6-16-5-2-3-8-18(16)17)22(26-20)28-25-13-15-9-11-24-12-10-15/h2-13H,14H2,1H3,(H,26,28)(H,27,31,32)/b25-13+. The highest BCUT2D eigenvalue weighted by Gasteiger charge is 2.18. The van der Waals surface area contributed by atoms with Crippen LogP contribution in [0.1, 0.15) is 11.1 Å². The normalized spacial score (nSPS) is 11.5. The monoisotopic (exact) mass is 425 g/mol. The van der Waals surface area contributed by atoms with Crippen LogP contribution in [0.15, 0.2) is 81.7 Å². The van der Waals surface area contributed by atoms with Gasteiger partial charge in [-0.05, 0) is 34.0 Å². The van der Waals surface area contributed by atoms with Gasteiger partial charge in [0.15, 0.2) is 11.2 Å². The third-order valence-electron chi connectivity index (χ3n) is 5.30. The molecule has 158 valence electrons. The highest BCUT2D eigenvalue weighted by molar-refractivity contribution is 5.86. The molecule has 0 aliphatic rings. The molecule has 0 aliphatic carbocycles. The van der Waals surface area contributed by atoms with E-state index in [-0.39, 0.29) is 5.65 Å². The Balaban J connectivity index is 1.64. The molecule has 2 N–H and O–H groups in total. The summed E-state index contributed by atoms with van der Waals surface area (Å²) in [6, 6.07) is 17.7. The second kappa shape index (κ2) is 7.95. The highest BCUT2D eigenvalue weighted by Crippen LogP contribution is 2.23. The first-order valence-electron chi connectivity index (χ1n) is 9.97. The Labute approximate surface area is 181 Å². The van der Waals surface area contributed by atoms with E-state index in [0.717, 1.165) is 21.9 Å². The van der Waals surface area contributed by atoms with E-state index >= 15 is 0 Å². The number of benzene rings is 2. The molecule has 0 fully saturated rings. The first kappa shape index (κ1) is 19.4. The largest absolute Gasteiger partial charge is 0.329 e. The molecule has 32 heavy (non-hydrogen) atoms. The Morgan fingerprint density at radius 1 is 1.06 bits per heavy atom. The van der Waals surface area contributed by atoms with Crippen molar-refractivity contribution in [3.63, 3.8) is 0 Å². The van der Waals surface area contributed by atoms with Gasteiger partial charge < -0.3 is 0 Å². The molecule has 3 heterocycles. The minimum absolute atomic E-state index is 0.278. The number of anilines is 1. The summed E-state index contributed by atoms with van der Waals surface area (Å²) in [5.41, 5.74) is 4.34. The van der Waals surface area contributed by atoms with Crippen molar-refractivity contribution in [2.75, 3.05) is 5.43 Å². The van der Waals surface area contributed by atoms with Crippen LogP contribution in [0.3, 0.4) is 0 Å². The van der Waals surface area contributed by atoms with Gasteiger partial charge in [-0.1, -0.05) is 42.5 Å². The van der Waals surface area contributed by atoms with Gasteiger partial charge in [0.25, 0.3) is 5.56 Å². The average molecular weight is 425 g/mol. The molecule has 0 radical (unpaired) electrons. The van der Waals surface area contributed by atoms with Crippen LogP contribution in [0.5, 0.6) is 0 Å². The van der Waals surface area contributed by atoms with Crippen LogP contribution >= 0.6 is 0 Å². The first-order chi connectivity index (χ1) is 15.6. The van der Waals surface area contributed by atoms with Gasteiger partial charge in [0.2, 0.25) is 5.95 Å². The van der Waals surface area contributed by atoms with Crippen molar-refractivity contribution < 1.29 is 0 Å². The van der Waals surface area contributed by atoms with E-state index in [1.165, 1.54) is 4.57 Å². The van der Waals surface area contributed by atoms with Crippen LogP contribution < -0.4 is 16.7 Å². The highest BCUT2D eigenvalue weighted by atomic mass is 16.2. The maximum atomic E-state index is 12.7. The lowest BCUT2D eigenvalue weighted by Gasteiger charge is -2.11. The topological polar surface area (TPSA) is 110 Å². The van der Waals surface area contributed by atoms with E-state index in [0.29, 0.717) is 18.0 Å². The maximum absolute atomic E-state index is 12.7. The molecule has 0 atom stereocenters. The Morgan fingerprint density at radius 3 is 2.69 bits per heavy atom. The van der Waals surface area contributed by atoms with Gasteiger partial charge in [0.1, 0.15) is 0 Å². The van der Waals surface area contributed by atoms with Crippen molar-refractivity contribution in [2.45, 2.75) is 6.54 Å². The lowest BCUT2D eigenvalue weighted by atomic mass is 10.0. The summed E-state index contributed by atoms with van der Waals surface area (Å²) < 4.78 is 3.05. The van der Waals surface area contributed by atoms with E-state index in [4.69, 9.17) is 0 Å². The van der Waals surface area contributed by atoms with Gasteiger partial charge >= 0.3 is 5.69 Å². The molecule has 0 bridgehead atoms. The maximum Gasteiger partial charge on any atom is 0.329 e. The van der Waals surface area contributed by atoms with Crippen molar-refractivity contribution in [1.29, 1.82) is 0 Å². The summed E-state index contributed by atoms with van der Waals surface area (Å²) in [4.78, 5) is 35.7. The second-order valence-electron chi connectivity index (χ2n) is 7.30. The lowest BCUT2D eigenvalue weighted by molar-refractivity contribution is 0.811. The fourth-order valence-electron chi connectivity index (χ4n) is 3.69. The summed E-state index contributed by atoms with van der Waals surface area (Å²) in [5.74, 6) is 0.352. The molecule has 0 spiro atoms. The van der Waals surface area contributed by atoms with Gasteiger partial charge in [-0.25, -0.2) is 10.2 Å². The Morgan fingerprint density at radius 2 is 1.84 bits per heavy atom. The predicted molar refractivity (Wildman–Crippen MR) is 124 cm³/mol. The molecule has 5 aromatic rings. The minimum Gasteiger partial charge on any atom is -0.298 e. The average Bonchev–Trinajstić information content (AvgIpc) is 3.17. The van der Waals surface area contributed by atoms with E-state index < -0.39 is 11.2 Å². The third-order valence-corrected chi connectivity index (χ3v) is 5.30.